The summed E-state index contributed by atoms with van der Waals surface area (Å²) in [5, 5.41) is 4.06. The predicted molar refractivity (Wildman–Crippen MR) is 100 cm³/mol. The van der Waals surface area contributed by atoms with Gasteiger partial charge in [0.15, 0.2) is 0 Å². The number of benzene rings is 1. The zero-order valence-corrected chi connectivity index (χ0v) is 14.3. The van der Waals surface area contributed by atoms with E-state index in [1.165, 1.54) is 11.5 Å². The van der Waals surface area contributed by atoms with Gasteiger partial charge in [-0.15, -0.1) is 0 Å². The van der Waals surface area contributed by atoms with E-state index in [4.69, 9.17) is 0 Å². The van der Waals surface area contributed by atoms with Gasteiger partial charge in [-0.05, 0) is 23.7 Å². The summed E-state index contributed by atoms with van der Waals surface area (Å²) in [6.45, 7) is 0. The van der Waals surface area contributed by atoms with Gasteiger partial charge < -0.3 is 10.3 Å². The topological polar surface area (TPSA) is 83.6 Å². The number of anilines is 1. The van der Waals surface area contributed by atoms with Crippen LogP contribution in [-0.4, -0.2) is 26.4 Å². The number of hydrogen-bond acceptors (Lipinski definition) is 6. The second-order valence-corrected chi connectivity index (χ2v) is 6.39. The summed E-state index contributed by atoms with van der Waals surface area (Å²) in [7, 11) is 1.79. The fourth-order valence-corrected chi connectivity index (χ4v) is 3.48. The van der Waals surface area contributed by atoms with Crippen LogP contribution in [0.15, 0.2) is 53.7 Å². The molecular formula is C18H15N5OS. The van der Waals surface area contributed by atoms with Gasteiger partial charge in [0.05, 0.1) is 28.5 Å². The molecule has 0 aliphatic carbocycles. The van der Waals surface area contributed by atoms with E-state index in [2.05, 4.69) is 24.6 Å². The van der Waals surface area contributed by atoms with Crippen molar-refractivity contribution < 1.29 is 0 Å². The summed E-state index contributed by atoms with van der Waals surface area (Å²) >= 11 is 1.45. The van der Waals surface area contributed by atoms with Gasteiger partial charge in [0.25, 0.3) is 5.56 Å². The van der Waals surface area contributed by atoms with Crippen molar-refractivity contribution in [2.45, 2.75) is 6.42 Å². The second kappa shape index (κ2) is 6.45. The van der Waals surface area contributed by atoms with Crippen LogP contribution >= 0.6 is 11.5 Å². The van der Waals surface area contributed by atoms with E-state index in [9.17, 15) is 4.79 Å². The van der Waals surface area contributed by atoms with Crippen molar-refractivity contribution in [3.8, 4) is 11.3 Å². The molecule has 2 N–H and O–H groups in total. The highest BCUT2D eigenvalue weighted by molar-refractivity contribution is 7.13. The van der Waals surface area contributed by atoms with Crippen LogP contribution in [0.2, 0.25) is 0 Å². The maximum atomic E-state index is 12.3. The van der Waals surface area contributed by atoms with Crippen LogP contribution < -0.4 is 10.9 Å². The summed E-state index contributed by atoms with van der Waals surface area (Å²) in [6.07, 6.45) is 5.47. The Morgan fingerprint density at radius 3 is 3.00 bits per heavy atom. The lowest BCUT2D eigenvalue weighted by atomic mass is 10.1. The fraction of sp³-hybridized carbons (Fsp3) is 0.111. The molecule has 4 rings (SSSR count). The molecule has 0 bridgehead atoms. The second-order valence-electron chi connectivity index (χ2n) is 5.58. The maximum absolute atomic E-state index is 12.3. The number of fused-ring (bicyclic) bond motifs is 1. The summed E-state index contributed by atoms with van der Waals surface area (Å²) < 4.78 is 5.64. The molecule has 3 aromatic heterocycles. The normalized spacial score (nSPS) is 10.9. The largest absolute Gasteiger partial charge is 0.372 e. The summed E-state index contributed by atoms with van der Waals surface area (Å²) in [6, 6.07) is 9.91. The number of H-pyrrole nitrogens is 1. The lowest BCUT2D eigenvalue weighted by molar-refractivity contribution is 1.07. The molecule has 0 spiro atoms. The van der Waals surface area contributed by atoms with E-state index in [1.807, 2.05) is 30.3 Å². The molecule has 4 aromatic rings. The fourth-order valence-electron chi connectivity index (χ4n) is 2.68. The van der Waals surface area contributed by atoms with E-state index >= 15 is 0 Å². The number of rotatable bonds is 4. The molecule has 0 aliphatic heterocycles. The van der Waals surface area contributed by atoms with Gasteiger partial charge in [0, 0.05) is 36.2 Å². The first kappa shape index (κ1) is 15.5. The molecule has 6 nitrogen and oxygen atoms in total. The number of aromatic amines is 1. The van der Waals surface area contributed by atoms with Gasteiger partial charge in [0.1, 0.15) is 5.82 Å². The quantitative estimate of drug-likeness (QED) is 0.591. The number of pyridine rings is 1. The first-order valence-corrected chi connectivity index (χ1v) is 8.57. The molecular weight excluding hydrogens is 334 g/mol. The van der Waals surface area contributed by atoms with Gasteiger partial charge >= 0.3 is 0 Å². The highest BCUT2D eigenvalue weighted by Crippen LogP contribution is 2.24. The van der Waals surface area contributed by atoms with Gasteiger partial charge in [0.2, 0.25) is 0 Å². The Balaban J connectivity index is 1.74. The number of hydrogen-bond donors (Lipinski definition) is 2. The first-order valence-electron chi connectivity index (χ1n) is 7.79. The van der Waals surface area contributed by atoms with E-state index in [1.54, 1.807) is 25.6 Å². The van der Waals surface area contributed by atoms with Crippen molar-refractivity contribution in [3.63, 3.8) is 0 Å². The summed E-state index contributed by atoms with van der Waals surface area (Å²) in [5.74, 6) is 0.677. The molecule has 124 valence electrons. The Labute approximate surface area is 147 Å². The van der Waals surface area contributed by atoms with Gasteiger partial charge in [-0.25, -0.2) is 4.98 Å². The van der Waals surface area contributed by atoms with Crippen LogP contribution in [0.3, 0.4) is 0 Å². The summed E-state index contributed by atoms with van der Waals surface area (Å²) in [5.41, 5.74) is 2.98. The maximum Gasteiger partial charge on any atom is 0.251 e. The highest BCUT2D eigenvalue weighted by atomic mass is 32.1. The number of aromatic nitrogens is 4. The molecule has 0 atom stereocenters. The van der Waals surface area contributed by atoms with Gasteiger partial charge in [-0.2, -0.15) is 4.37 Å². The zero-order chi connectivity index (χ0) is 17.2. The molecule has 1 aromatic carbocycles. The Bertz CT molecular complexity index is 1100. The Morgan fingerprint density at radius 2 is 2.12 bits per heavy atom. The highest BCUT2D eigenvalue weighted by Gasteiger charge is 2.11. The third-order valence-electron chi connectivity index (χ3n) is 3.98. The number of nitrogens with zero attached hydrogens (tertiary/aromatic N) is 3. The van der Waals surface area contributed by atoms with Crippen molar-refractivity contribution in [1.82, 2.24) is 19.3 Å². The van der Waals surface area contributed by atoms with Crippen LogP contribution in [0, 0.1) is 0 Å². The Hall–Kier alpha value is -3.06. The molecule has 7 heteroatoms. The van der Waals surface area contributed by atoms with Crippen molar-refractivity contribution in [1.29, 1.82) is 0 Å². The van der Waals surface area contributed by atoms with Crippen LogP contribution in [0.5, 0.6) is 0 Å². The monoisotopic (exact) mass is 349 g/mol. The SMILES string of the molecule is CNc1cncc(-c2c[nH]c(=O)c(Cc3nsc4ccccc34)c2)n1. The average Bonchev–Trinajstić information content (AvgIpc) is 3.07. The van der Waals surface area contributed by atoms with Crippen molar-refractivity contribution in [2.24, 2.45) is 0 Å². The molecule has 0 amide bonds. The molecule has 0 unspecified atom stereocenters. The van der Waals surface area contributed by atoms with Crippen LogP contribution in [-0.2, 0) is 6.42 Å². The zero-order valence-electron chi connectivity index (χ0n) is 13.5. The third-order valence-corrected chi connectivity index (χ3v) is 4.84. The predicted octanol–water partition coefficient (Wildman–Crippen LogP) is 3.07. The van der Waals surface area contributed by atoms with Crippen LogP contribution in [0.25, 0.3) is 21.3 Å². The summed E-state index contributed by atoms with van der Waals surface area (Å²) in [4.78, 5) is 23.7. The Kier molecular flexibility index (Phi) is 3.99. The van der Waals surface area contributed by atoms with E-state index in [0.29, 0.717) is 23.5 Å². The van der Waals surface area contributed by atoms with Gasteiger partial charge in [-0.1, -0.05) is 18.2 Å². The van der Waals surface area contributed by atoms with Crippen LogP contribution in [0.1, 0.15) is 11.3 Å². The lowest BCUT2D eigenvalue weighted by Crippen LogP contribution is -2.13. The minimum Gasteiger partial charge on any atom is -0.372 e. The van der Waals surface area contributed by atoms with E-state index in [0.717, 1.165) is 21.3 Å². The molecule has 0 aliphatic rings. The van der Waals surface area contributed by atoms with E-state index < -0.39 is 0 Å². The molecule has 0 fully saturated rings. The first-order chi connectivity index (χ1) is 12.2. The van der Waals surface area contributed by atoms with Crippen molar-refractivity contribution in [2.75, 3.05) is 12.4 Å². The minimum atomic E-state index is -0.112. The van der Waals surface area contributed by atoms with Crippen molar-refractivity contribution >= 4 is 27.4 Å². The number of nitrogens with one attached hydrogen (secondary N) is 2. The molecule has 3 heterocycles. The smallest absolute Gasteiger partial charge is 0.251 e. The lowest BCUT2D eigenvalue weighted by Gasteiger charge is -2.05. The molecule has 0 saturated carbocycles. The standard InChI is InChI=1S/C18H15N5OS/c1-19-17-10-20-9-15(22-17)12-6-11(18(24)21-8-12)7-14-13-4-2-3-5-16(13)25-23-14/h2-6,8-10H,7H2,1H3,(H,19,22)(H,21,24). The van der Waals surface area contributed by atoms with Crippen LogP contribution in [0.4, 0.5) is 5.82 Å². The Morgan fingerprint density at radius 1 is 1.24 bits per heavy atom. The average molecular weight is 349 g/mol. The third kappa shape index (κ3) is 3.01. The molecule has 25 heavy (non-hydrogen) atoms. The van der Waals surface area contributed by atoms with E-state index in [-0.39, 0.29) is 5.56 Å². The van der Waals surface area contributed by atoms with Crippen molar-refractivity contribution in [3.05, 3.63) is 70.5 Å². The van der Waals surface area contributed by atoms with Gasteiger partial charge in [-0.3, -0.25) is 9.78 Å². The minimum absolute atomic E-state index is 0.112. The molecule has 0 radical (unpaired) electrons. The molecule has 0 saturated heterocycles.